The van der Waals surface area contributed by atoms with Crippen LogP contribution in [0.2, 0.25) is 0 Å². The predicted octanol–water partition coefficient (Wildman–Crippen LogP) is 7.75. The van der Waals surface area contributed by atoms with E-state index in [-0.39, 0.29) is 36.5 Å². The highest BCUT2D eigenvalue weighted by atomic mass is 16.5. The largest absolute Gasteiger partial charge is 0.488 e. The Kier molecular flexibility index (Phi) is 10.2. The van der Waals surface area contributed by atoms with Crippen LogP contribution in [0, 0.1) is 17.9 Å². The molecule has 0 N–H and O–H groups in total. The van der Waals surface area contributed by atoms with E-state index in [9.17, 15) is 24.4 Å². The van der Waals surface area contributed by atoms with E-state index in [1.54, 1.807) is 70.7 Å². The fraction of sp³-hybridized carbons (Fsp3) is 0.130. The first-order chi connectivity index (χ1) is 28.4. The molecule has 2 aliphatic heterocycles. The zero-order chi connectivity index (χ0) is 40.2. The average molecular weight is 765 g/mol. The Labute approximate surface area is 333 Å². The van der Waals surface area contributed by atoms with Gasteiger partial charge < -0.3 is 19.3 Å². The van der Waals surface area contributed by atoms with Crippen molar-refractivity contribution in [1.82, 2.24) is 9.97 Å². The van der Waals surface area contributed by atoms with Crippen molar-refractivity contribution in [3.63, 3.8) is 0 Å². The highest BCUT2D eigenvalue weighted by molar-refractivity contribution is 6.10. The summed E-state index contributed by atoms with van der Waals surface area (Å²) in [6, 6.07) is 26.6. The number of carbonyl (C=O) groups is 4. The Balaban J connectivity index is 1.03. The first kappa shape index (κ1) is 37.0. The molecule has 12 heteroatoms. The van der Waals surface area contributed by atoms with Gasteiger partial charge in [-0.2, -0.15) is 5.26 Å². The van der Waals surface area contributed by atoms with Crippen molar-refractivity contribution in [2.75, 3.05) is 22.9 Å². The Morgan fingerprint density at radius 1 is 0.707 bits per heavy atom. The molecule has 0 bridgehead atoms. The third kappa shape index (κ3) is 7.14. The van der Waals surface area contributed by atoms with Gasteiger partial charge in [-0.1, -0.05) is 24.3 Å². The highest BCUT2D eigenvalue weighted by Crippen LogP contribution is 2.43. The van der Waals surface area contributed by atoms with Crippen molar-refractivity contribution in [1.29, 1.82) is 5.26 Å². The zero-order valence-electron chi connectivity index (χ0n) is 30.9. The Morgan fingerprint density at radius 3 is 1.72 bits per heavy atom. The van der Waals surface area contributed by atoms with Crippen molar-refractivity contribution in [2.45, 2.75) is 26.1 Å². The van der Waals surface area contributed by atoms with Gasteiger partial charge in [0.2, 0.25) is 5.69 Å². The van der Waals surface area contributed by atoms with Crippen LogP contribution in [0.25, 0.3) is 16.0 Å². The molecule has 2 amide bonds. The number of pyridine rings is 2. The van der Waals surface area contributed by atoms with Crippen LogP contribution in [0.1, 0.15) is 69.2 Å². The molecule has 12 nitrogen and oxygen atoms in total. The minimum atomic E-state index is -0.237. The Hall–Kier alpha value is -7.96. The Morgan fingerprint density at radius 2 is 1.22 bits per heavy atom. The monoisotopic (exact) mass is 764 g/mol. The molecule has 6 aromatic rings. The van der Waals surface area contributed by atoms with Gasteiger partial charge in [-0.3, -0.25) is 29.1 Å². The first-order valence-corrected chi connectivity index (χ1v) is 18.4. The fourth-order valence-electron chi connectivity index (χ4n) is 7.45. The van der Waals surface area contributed by atoms with Gasteiger partial charge in [0.05, 0.1) is 23.3 Å². The summed E-state index contributed by atoms with van der Waals surface area (Å²) in [7, 11) is 0. The van der Waals surface area contributed by atoms with Crippen LogP contribution in [0.15, 0.2) is 110 Å². The highest BCUT2D eigenvalue weighted by Gasteiger charge is 2.32. The molecular weight excluding hydrogens is 733 g/mol. The van der Waals surface area contributed by atoms with E-state index in [1.807, 2.05) is 42.5 Å². The maximum absolute atomic E-state index is 14.1. The lowest BCUT2D eigenvalue weighted by Crippen LogP contribution is -2.28. The molecule has 0 fully saturated rings. The van der Waals surface area contributed by atoms with Gasteiger partial charge in [-0.15, -0.1) is 0 Å². The SMILES string of the molecule is [C-]#[N+]c1cncc(COc2cc(C(=O)N3CCc4c(-c5cccc6c5CCN6C(=O)c5ccc(C=O)c(OCc6cncc(C#N)c6)c5)cccc43)ccc2C=O)c1. The van der Waals surface area contributed by atoms with E-state index in [2.05, 4.69) is 14.8 Å². The number of hydrogen-bond donors (Lipinski definition) is 0. The van der Waals surface area contributed by atoms with Gasteiger partial charge in [0.25, 0.3) is 11.8 Å². The lowest BCUT2D eigenvalue weighted by atomic mass is 9.93. The van der Waals surface area contributed by atoms with Crippen molar-refractivity contribution in [3.05, 3.63) is 171 Å². The number of benzene rings is 4. The number of carbonyl (C=O) groups excluding carboxylic acids is 4. The summed E-state index contributed by atoms with van der Waals surface area (Å²) < 4.78 is 11.9. The summed E-state index contributed by atoms with van der Waals surface area (Å²) in [6.45, 7) is 8.26. The number of rotatable bonds is 11. The predicted molar refractivity (Wildman–Crippen MR) is 214 cm³/mol. The van der Waals surface area contributed by atoms with Gasteiger partial charge in [-0.25, -0.2) is 4.85 Å². The van der Waals surface area contributed by atoms with Crippen molar-refractivity contribution < 1.29 is 28.7 Å². The molecule has 8 rings (SSSR count). The molecule has 0 saturated carbocycles. The number of aldehydes is 2. The fourth-order valence-corrected chi connectivity index (χ4v) is 7.45. The molecule has 0 saturated heterocycles. The third-order valence-electron chi connectivity index (χ3n) is 10.2. The normalized spacial score (nSPS) is 12.5. The number of aromatic nitrogens is 2. The molecule has 4 heterocycles. The molecule has 58 heavy (non-hydrogen) atoms. The van der Waals surface area contributed by atoms with Gasteiger partial charge >= 0.3 is 0 Å². The second kappa shape index (κ2) is 16.0. The van der Waals surface area contributed by atoms with Gasteiger partial charge in [0.1, 0.15) is 30.8 Å². The molecule has 2 aromatic heterocycles. The van der Waals surface area contributed by atoms with Crippen molar-refractivity contribution >= 4 is 41.4 Å². The minimum Gasteiger partial charge on any atom is -0.488 e. The van der Waals surface area contributed by atoms with Crippen LogP contribution in [0.4, 0.5) is 17.1 Å². The van der Waals surface area contributed by atoms with Crippen LogP contribution >= 0.6 is 0 Å². The Bertz CT molecular complexity index is 2550. The lowest BCUT2D eigenvalue weighted by molar-refractivity contribution is 0.0981. The standard InChI is InChI=1S/C46H32N6O6/c1-48-36-17-31(23-50-24-36)28-58-44-19-33(9-11-35(44)26-54)46(56)52-15-13-40-38(5-3-7-42(40)52)37-4-2-6-41-39(37)12-14-51(41)45(55)32-8-10-34(25-53)43(18-32)57-27-30-16-29(20-47)21-49-22-30/h2-11,16-19,21-26H,12-15,27-28H2. The maximum atomic E-state index is 14.1. The van der Waals surface area contributed by atoms with Crippen molar-refractivity contribution in [3.8, 4) is 28.7 Å². The van der Waals surface area contributed by atoms with E-state index >= 15 is 0 Å². The van der Waals surface area contributed by atoms with Crippen LogP contribution in [0.3, 0.4) is 0 Å². The van der Waals surface area contributed by atoms with Crippen LogP contribution in [-0.4, -0.2) is 47.4 Å². The summed E-state index contributed by atoms with van der Waals surface area (Å²) in [4.78, 5) is 66.9. The zero-order valence-corrected chi connectivity index (χ0v) is 30.9. The second-order valence-electron chi connectivity index (χ2n) is 13.7. The summed E-state index contributed by atoms with van der Waals surface area (Å²) in [5, 5.41) is 9.21. The molecule has 2 aliphatic rings. The van der Waals surface area contributed by atoms with E-state index in [0.29, 0.717) is 83.1 Å². The van der Waals surface area contributed by atoms with Crippen LogP contribution in [-0.2, 0) is 26.1 Å². The van der Waals surface area contributed by atoms with E-state index < -0.39 is 0 Å². The second-order valence-corrected chi connectivity index (χ2v) is 13.7. The number of nitriles is 1. The average Bonchev–Trinajstić information content (AvgIpc) is 3.92. The molecule has 0 spiro atoms. The number of ether oxygens (including phenoxy) is 2. The van der Waals surface area contributed by atoms with Gasteiger partial charge in [0.15, 0.2) is 12.6 Å². The van der Waals surface area contributed by atoms with Gasteiger partial charge in [0, 0.05) is 65.9 Å². The lowest BCUT2D eigenvalue weighted by Gasteiger charge is -2.20. The molecule has 282 valence electrons. The molecule has 4 aromatic carbocycles. The molecule has 0 radical (unpaired) electrons. The van der Waals surface area contributed by atoms with E-state index in [4.69, 9.17) is 16.0 Å². The van der Waals surface area contributed by atoms with Crippen LogP contribution < -0.4 is 19.3 Å². The van der Waals surface area contributed by atoms with Gasteiger partial charge in [-0.05, 0) is 101 Å². The molecule has 0 atom stereocenters. The summed E-state index contributed by atoms with van der Waals surface area (Å²) in [5.74, 6) is 0.0316. The molecule has 0 aliphatic carbocycles. The first-order valence-electron chi connectivity index (χ1n) is 18.4. The number of fused-ring (bicyclic) bond motifs is 2. The number of amides is 2. The maximum Gasteiger partial charge on any atom is 0.258 e. The summed E-state index contributed by atoms with van der Waals surface area (Å²) in [5.41, 5.74) is 8.94. The summed E-state index contributed by atoms with van der Waals surface area (Å²) in [6.07, 6.45) is 8.65. The number of anilines is 2. The molecular formula is C46H32N6O6. The quantitative estimate of drug-likeness (QED) is 0.0954. The topological polar surface area (TPSA) is 147 Å². The van der Waals surface area contributed by atoms with E-state index in [0.717, 1.165) is 33.6 Å². The third-order valence-corrected chi connectivity index (χ3v) is 10.2. The summed E-state index contributed by atoms with van der Waals surface area (Å²) >= 11 is 0. The van der Waals surface area contributed by atoms with Crippen LogP contribution in [0.5, 0.6) is 11.5 Å². The number of hydrogen-bond acceptors (Lipinski definition) is 9. The minimum absolute atomic E-state index is 0.0580. The van der Waals surface area contributed by atoms with E-state index in [1.165, 1.54) is 12.4 Å². The molecule has 0 unspecified atom stereocenters. The number of nitrogens with zero attached hydrogens (tertiary/aromatic N) is 6. The smallest absolute Gasteiger partial charge is 0.258 e. The van der Waals surface area contributed by atoms with Crippen molar-refractivity contribution in [2.24, 2.45) is 0 Å².